The van der Waals surface area contributed by atoms with Gasteiger partial charge in [-0.05, 0) is 19.1 Å². The summed E-state index contributed by atoms with van der Waals surface area (Å²) in [6, 6.07) is 5.23. The molecule has 3 N–H and O–H groups in total. The van der Waals surface area contributed by atoms with Crippen LogP contribution in [-0.2, 0) is 4.79 Å². The Balaban J connectivity index is 2.24. The van der Waals surface area contributed by atoms with E-state index in [0.29, 0.717) is 11.4 Å². The summed E-state index contributed by atoms with van der Waals surface area (Å²) in [7, 11) is 0. The lowest BCUT2D eigenvalue weighted by molar-refractivity contribution is -0.384. The molecule has 2 aromatic rings. The van der Waals surface area contributed by atoms with Crippen LogP contribution in [0.4, 0.5) is 5.69 Å². The highest BCUT2D eigenvalue weighted by molar-refractivity contribution is 5.79. The third-order valence-corrected chi connectivity index (χ3v) is 2.76. The Labute approximate surface area is 113 Å². The van der Waals surface area contributed by atoms with E-state index in [0.717, 1.165) is 0 Å². The van der Waals surface area contributed by atoms with Crippen LogP contribution in [0.5, 0.6) is 0 Å². The van der Waals surface area contributed by atoms with E-state index in [2.05, 4.69) is 10.1 Å². The molecule has 104 valence electrons. The molecular weight excluding hydrogens is 264 g/mol. The Kier molecular flexibility index (Phi) is 3.71. The second kappa shape index (κ2) is 5.45. The number of hydrazine groups is 1. The van der Waals surface area contributed by atoms with Gasteiger partial charge in [-0.3, -0.25) is 20.3 Å². The molecular formula is C11H12N6O3. The average molecular weight is 276 g/mol. The van der Waals surface area contributed by atoms with Crippen molar-refractivity contribution in [3.8, 4) is 11.4 Å². The second-order valence-electron chi connectivity index (χ2n) is 4.04. The third-order valence-electron chi connectivity index (χ3n) is 2.76. The normalized spacial score (nSPS) is 11.9. The number of benzene rings is 1. The molecule has 1 atom stereocenters. The zero-order chi connectivity index (χ0) is 14.7. The van der Waals surface area contributed by atoms with Crippen LogP contribution in [0.1, 0.15) is 13.0 Å². The van der Waals surface area contributed by atoms with E-state index in [-0.39, 0.29) is 5.69 Å². The van der Waals surface area contributed by atoms with Crippen molar-refractivity contribution in [1.29, 1.82) is 0 Å². The molecule has 20 heavy (non-hydrogen) atoms. The van der Waals surface area contributed by atoms with Crippen molar-refractivity contribution in [3.63, 3.8) is 0 Å². The molecule has 0 aliphatic rings. The molecule has 1 amide bonds. The summed E-state index contributed by atoms with van der Waals surface area (Å²) in [5.74, 6) is 5.02. The topological polar surface area (TPSA) is 129 Å². The molecule has 0 aliphatic heterocycles. The molecule has 9 nitrogen and oxygen atoms in total. The summed E-state index contributed by atoms with van der Waals surface area (Å²) < 4.78 is 1.36. The summed E-state index contributed by atoms with van der Waals surface area (Å²) in [6.45, 7) is 1.62. The number of hydrogen-bond donors (Lipinski definition) is 2. The lowest BCUT2D eigenvalue weighted by Crippen LogP contribution is -2.36. The number of nitrogens with two attached hydrogens (primary N) is 1. The highest BCUT2D eigenvalue weighted by Crippen LogP contribution is 2.19. The molecule has 0 bridgehead atoms. The number of carbonyl (C=O) groups excluding carboxylic acids is 1. The minimum Gasteiger partial charge on any atom is -0.292 e. The number of carbonyl (C=O) groups is 1. The standard InChI is InChI=1S/C11H12N6O3/c1-7(11(18)14-12)16-6-13-10(15-16)8-2-4-9(5-3-8)17(19)20/h2-7H,12H2,1H3,(H,14,18). The monoisotopic (exact) mass is 276 g/mol. The Morgan fingerprint density at radius 1 is 1.45 bits per heavy atom. The first-order chi connectivity index (χ1) is 9.52. The van der Waals surface area contributed by atoms with Crippen LogP contribution in [0, 0.1) is 10.1 Å². The third kappa shape index (κ3) is 2.62. The van der Waals surface area contributed by atoms with Gasteiger partial charge in [0.1, 0.15) is 12.4 Å². The van der Waals surface area contributed by atoms with Crippen LogP contribution in [0.25, 0.3) is 11.4 Å². The summed E-state index contributed by atoms with van der Waals surface area (Å²) in [5, 5.41) is 14.7. The first kappa shape index (κ1) is 13.6. The van der Waals surface area contributed by atoms with Crippen molar-refractivity contribution < 1.29 is 9.72 Å². The van der Waals surface area contributed by atoms with E-state index >= 15 is 0 Å². The van der Waals surface area contributed by atoms with E-state index in [1.807, 2.05) is 5.43 Å². The minimum atomic E-state index is -0.598. The molecule has 2 rings (SSSR count). The lowest BCUT2D eigenvalue weighted by Gasteiger charge is -2.08. The van der Waals surface area contributed by atoms with Gasteiger partial charge in [-0.1, -0.05) is 0 Å². The van der Waals surface area contributed by atoms with Crippen molar-refractivity contribution in [1.82, 2.24) is 20.2 Å². The predicted octanol–water partition coefficient (Wildman–Crippen LogP) is 0.404. The molecule has 1 heterocycles. The molecule has 1 aromatic carbocycles. The van der Waals surface area contributed by atoms with Gasteiger partial charge in [0.05, 0.1) is 4.92 Å². The molecule has 0 saturated heterocycles. The fourth-order valence-corrected chi connectivity index (χ4v) is 1.57. The summed E-state index contributed by atoms with van der Waals surface area (Å²) >= 11 is 0. The van der Waals surface area contributed by atoms with E-state index in [1.165, 1.54) is 23.1 Å². The quantitative estimate of drug-likeness (QED) is 0.360. The molecule has 0 aliphatic carbocycles. The molecule has 0 fully saturated rings. The SMILES string of the molecule is CC(C(=O)NN)n1cnc(-c2ccc([N+](=O)[O-])cc2)n1. The number of amides is 1. The fourth-order valence-electron chi connectivity index (χ4n) is 1.57. The number of non-ortho nitro benzene ring substituents is 1. The number of hydrogen-bond acceptors (Lipinski definition) is 6. The number of nitro benzene ring substituents is 1. The Hall–Kier alpha value is -2.81. The van der Waals surface area contributed by atoms with Crippen molar-refractivity contribution in [3.05, 3.63) is 40.7 Å². The van der Waals surface area contributed by atoms with Gasteiger partial charge in [0.2, 0.25) is 0 Å². The molecule has 1 aromatic heterocycles. The fraction of sp³-hybridized carbons (Fsp3) is 0.182. The van der Waals surface area contributed by atoms with Crippen LogP contribution in [-0.4, -0.2) is 25.6 Å². The van der Waals surface area contributed by atoms with Gasteiger partial charge in [0.25, 0.3) is 11.6 Å². The van der Waals surface area contributed by atoms with Crippen LogP contribution in [0.2, 0.25) is 0 Å². The lowest BCUT2D eigenvalue weighted by atomic mass is 10.2. The van der Waals surface area contributed by atoms with E-state index in [9.17, 15) is 14.9 Å². The number of nitrogens with one attached hydrogen (secondary N) is 1. The number of rotatable bonds is 4. The highest BCUT2D eigenvalue weighted by atomic mass is 16.6. The molecule has 0 saturated carbocycles. The number of nitrogens with zero attached hydrogens (tertiary/aromatic N) is 4. The molecule has 1 unspecified atom stereocenters. The first-order valence-electron chi connectivity index (χ1n) is 5.69. The molecule has 0 radical (unpaired) electrons. The van der Waals surface area contributed by atoms with Gasteiger partial charge in [-0.15, -0.1) is 0 Å². The zero-order valence-corrected chi connectivity index (χ0v) is 10.6. The number of aromatic nitrogens is 3. The van der Waals surface area contributed by atoms with Gasteiger partial charge in [-0.25, -0.2) is 15.5 Å². The van der Waals surface area contributed by atoms with Crippen molar-refractivity contribution in [2.24, 2.45) is 5.84 Å². The average Bonchev–Trinajstić information content (AvgIpc) is 2.95. The summed E-state index contributed by atoms with van der Waals surface area (Å²) in [6.07, 6.45) is 1.40. The maximum atomic E-state index is 11.4. The van der Waals surface area contributed by atoms with E-state index in [4.69, 9.17) is 5.84 Å². The molecule has 0 spiro atoms. The summed E-state index contributed by atoms with van der Waals surface area (Å²) in [5.41, 5.74) is 2.64. The van der Waals surface area contributed by atoms with E-state index in [1.54, 1.807) is 19.1 Å². The number of nitro groups is 1. The first-order valence-corrected chi connectivity index (χ1v) is 5.69. The highest BCUT2D eigenvalue weighted by Gasteiger charge is 2.16. The summed E-state index contributed by atoms with van der Waals surface area (Å²) in [4.78, 5) is 25.5. The van der Waals surface area contributed by atoms with Gasteiger partial charge in [0, 0.05) is 17.7 Å². The maximum Gasteiger partial charge on any atom is 0.269 e. The zero-order valence-electron chi connectivity index (χ0n) is 10.6. The van der Waals surface area contributed by atoms with Crippen LogP contribution in [0.3, 0.4) is 0 Å². The Morgan fingerprint density at radius 2 is 2.10 bits per heavy atom. The molecule has 9 heteroatoms. The van der Waals surface area contributed by atoms with Crippen LogP contribution in [0.15, 0.2) is 30.6 Å². The smallest absolute Gasteiger partial charge is 0.269 e. The largest absolute Gasteiger partial charge is 0.292 e. The maximum absolute atomic E-state index is 11.4. The van der Waals surface area contributed by atoms with Crippen molar-refractivity contribution in [2.45, 2.75) is 13.0 Å². The van der Waals surface area contributed by atoms with Gasteiger partial charge < -0.3 is 0 Å². The second-order valence-corrected chi connectivity index (χ2v) is 4.04. The van der Waals surface area contributed by atoms with E-state index < -0.39 is 16.9 Å². The van der Waals surface area contributed by atoms with Gasteiger partial charge in [-0.2, -0.15) is 5.10 Å². The van der Waals surface area contributed by atoms with Gasteiger partial charge >= 0.3 is 0 Å². The Bertz CT molecular complexity index is 636. The van der Waals surface area contributed by atoms with Crippen LogP contribution >= 0.6 is 0 Å². The van der Waals surface area contributed by atoms with Crippen molar-refractivity contribution >= 4 is 11.6 Å². The predicted molar refractivity (Wildman–Crippen MR) is 69.2 cm³/mol. The van der Waals surface area contributed by atoms with Crippen LogP contribution < -0.4 is 11.3 Å². The van der Waals surface area contributed by atoms with Gasteiger partial charge in [0.15, 0.2) is 5.82 Å². The minimum absolute atomic E-state index is 0.0101. The Morgan fingerprint density at radius 3 is 2.65 bits per heavy atom. The van der Waals surface area contributed by atoms with Crippen molar-refractivity contribution in [2.75, 3.05) is 0 Å².